The van der Waals surface area contributed by atoms with Crippen molar-refractivity contribution in [1.82, 2.24) is 19.9 Å². The van der Waals surface area contributed by atoms with Gasteiger partial charge in [-0.15, -0.1) is 0 Å². The molecule has 6 heteroatoms. The molecule has 0 fully saturated rings. The van der Waals surface area contributed by atoms with E-state index in [1.165, 1.54) is 0 Å². The summed E-state index contributed by atoms with van der Waals surface area (Å²) in [5.41, 5.74) is 1.06. The van der Waals surface area contributed by atoms with Crippen LogP contribution in [0, 0.1) is 0 Å². The van der Waals surface area contributed by atoms with Gasteiger partial charge in [-0.1, -0.05) is 19.9 Å². The van der Waals surface area contributed by atoms with E-state index < -0.39 is 0 Å². The van der Waals surface area contributed by atoms with Crippen LogP contribution in [0.1, 0.15) is 38.1 Å². The van der Waals surface area contributed by atoms with Crippen LogP contribution in [0.5, 0.6) is 6.01 Å². The third kappa shape index (κ3) is 4.98. The van der Waals surface area contributed by atoms with Crippen LogP contribution in [0.25, 0.3) is 0 Å². The van der Waals surface area contributed by atoms with E-state index in [2.05, 4.69) is 32.2 Å². The van der Waals surface area contributed by atoms with Crippen LogP contribution in [0.4, 0.5) is 5.95 Å². The van der Waals surface area contributed by atoms with E-state index in [1.54, 1.807) is 6.20 Å². The molecule has 0 amide bonds. The number of pyridine rings is 1. The van der Waals surface area contributed by atoms with Crippen molar-refractivity contribution in [3.05, 3.63) is 35.9 Å². The summed E-state index contributed by atoms with van der Waals surface area (Å²) in [6.45, 7) is 5.57. The van der Waals surface area contributed by atoms with E-state index in [0.29, 0.717) is 30.8 Å². The Hall–Kier alpha value is -2.24. The molecule has 2 aromatic heterocycles. The number of aromatic nitrogens is 4. The largest absolute Gasteiger partial charge is 0.463 e. The molecule has 0 saturated carbocycles. The highest BCUT2D eigenvalue weighted by atomic mass is 16.5. The van der Waals surface area contributed by atoms with Crippen molar-refractivity contribution in [2.45, 2.75) is 33.1 Å². The predicted octanol–water partition coefficient (Wildman–Crippen LogP) is 2.47. The van der Waals surface area contributed by atoms with Gasteiger partial charge in [0.05, 0.1) is 6.61 Å². The minimum atomic E-state index is 0.379. The van der Waals surface area contributed by atoms with Gasteiger partial charge in [0, 0.05) is 25.4 Å². The van der Waals surface area contributed by atoms with E-state index in [4.69, 9.17) is 4.74 Å². The molecular formula is C15H21N5O. The van der Waals surface area contributed by atoms with E-state index in [0.717, 1.165) is 24.9 Å². The normalized spacial score (nSPS) is 10.4. The van der Waals surface area contributed by atoms with Crippen LogP contribution >= 0.6 is 0 Å². The summed E-state index contributed by atoms with van der Waals surface area (Å²) in [4.78, 5) is 17.2. The fourth-order valence-corrected chi connectivity index (χ4v) is 1.74. The summed E-state index contributed by atoms with van der Waals surface area (Å²) in [6, 6.07) is 4.29. The molecule has 0 aliphatic carbocycles. The molecule has 0 spiro atoms. The number of nitrogens with zero attached hydrogens (tertiary/aromatic N) is 4. The third-order valence-corrected chi connectivity index (χ3v) is 2.71. The first kappa shape index (κ1) is 15.2. The summed E-state index contributed by atoms with van der Waals surface area (Å²) < 4.78 is 5.54. The third-order valence-electron chi connectivity index (χ3n) is 2.71. The predicted molar refractivity (Wildman–Crippen MR) is 81.4 cm³/mol. The van der Waals surface area contributed by atoms with Gasteiger partial charge >= 0.3 is 6.01 Å². The zero-order chi connectivity index (χ0) is 14.9. The van der Waals surface area contributed by atoms with E-state index in [-0.39, 0.29) is 0 Å². The molecule has 0 atom stereocenters. The molecule has 0 aromatic carbocycles. The van der Waals surface area contributed by atoms with Gasteiger partial charge in [-0.25, -0.2) is 0 Å². The van der Waals surface area contributed by atoms with Crippen LogP contribution < -0.4 is 10.1 Å². The molecule has 0 saturated heterocycles. The summed E-state index contributed by atoms with van der Waals surface area (Å²) in [5, 5.41) is 3.18. The summed E-state index contributed by atoms with van der Waals surface area (Å²) in [6.07, 6.45) is 6.10. The molecule has 0 radical (unpaired) electrons. The first-order chi connectivity index (χ1) is 10.3. The molecule has 0 aliphatic rings. The molecule has 21 heavy (non-hydrogen) atoms. The van der Waals surface area contributed by atoms with E-state index in [9.17, 15) is 0 Å². The Bertz CT molecular complexity index is 521. The highest BCUT2D eigenvalue weighted by Crippen LogP contribution is 2.11. The molecule has 0 bridgehead atoms. The molecule has 0 aliphatic heterocycles. The zero-order valence-electron chi connectivity index (χ0n) is 12.5. The van der Waals surface area contributed by atoms with E-state index in [1.807, 2.05) is 25.3 Å². The lowest BCUT2D eigenvalue weighted by atomic mass is 10.2. The smallest absolute Gasteiger partial charge is 0.321 e. The Morgan fingerprint density at radius 1 is 1.14 bits per heavy atom. The van der Waals surface area contributed by atoms with Crippen molar-refractivity contribution in [2.75, 3.05) is 18.5 Å². The zero-order valence-corrected chi connectivity index (χ0v) is 12.5. The second-order valence-corrected chi connectivity index (χ2v) is 4.67. The maximum Gasteiger partial charge on any atom is 0.321 e. The maximum atomic E-state index is 5.54. The molecule has 1 N–H and O–H groups in total. The minimum Gasteiger partial charge on any atom is -0.463 e. The Morgan fingerprint density at radius 3 is 2.76 bits per heavy atom. The first-order valence-electron chi connectivity index (χ1n) is 7.32. The molecule has 0 unspecified atom stereocenters. The molecule has 6 nitrogen and oxygen atoms in total. The van der Waals surface area contributed by atoms with Crippen LogP contribution in [0.3, 0.4) is 0 Å². The molecular weight excluding hydrogens is 266 g/mol. The number of anilines is 1. The van der Waals surface area contributed by atoms with Gasteiger partial charge in [-0.2, -0.15) is 15.0 Å². The lowest BCUT2D eigenvalue weighted by Crippen LogP contribution is -2.11. The lowest BCUT2D eigenvalue weighted by molar-refractivity contribution is 0.290. The summed E-state index contributed by atoms with van der Waals surface area (Å²) >= 11 is 0. The Balaban J connectivity index is 2.17. The van der Waals surface area contributed by atoms with Gasteiger partial charge in [-0.05, 0) is 24.5 Å². The van der Waals surface area contributed by atoms with Crippen LogP contribution in [-0.4, -0.2) is 33.1 Å². The second-order valence-electron chi connectivity index (χ2n) is 4.67. The quantitative estimate of drug-likeness (QED) is 0.804. The fourth-order valence-electron chi connectivity index (χ4n) is 1.74. The maximum absolute atomic E-state index is 5.54. The standard InChI is InChI=1S/C15H21N5O/c1-3-7-17-14-18-13(10-12-6-5-8-16-11-12)19-15(20-14)21-9-4-2/h5-6,8,11H,3-4,7,9-10H2,1-2H3,(H,17,18,19,20). The van der Waals surface area contributed by atoms with Crippen LogP contribution in [-0.2, 0) is 6.42 Å². The van der Waals surface area contributed by atoms with Gasteiger partial charge in [0.15, 0.2) is 0 Å². The Kier molecular flexibility index (Phi) is 5.87. The van der Waals surface area contributed by atoms with E-state index >= 15 is 0 Å². The number of ether oxygens (including phenoxy) is 1. The lowest BCUT2D eigenvalue weighted by Gasteiger charge is -2.09. The first-order valence-corrected chi connectivity index (χ1v) is 7.32. The monoisotopic (exact) mass is 287 g/mol. The summed E-state index contributed by atoms with van der Waals surface area (Å²) in [7, 11) is 0. The molecule has 112 valence electrons. The van der Waals surface area contributed by atoms with Gasteiger partial charge in [0.25, 0.3) is 0 Å². The summed E-state index contributed by atoms with van der Waals surface area (Å²) in [5.74, 6) is 1.25. The van der Waals surface area contributed by atoms with Gasteiger partial charge < -0.3 is 10.1 Å². The van der Waals surface area contributed by atoms with Crippen molar-refractivity contribution < 1.29 is 4.74 Å². The second kappa shape index (κ2) is 8.14. The molecule has 2 rings (SSSR count). The van der Waals surface area contributed by atoms with Gasteiger partial charge in [0.2, 0.25) is 5.95 Å². The SMILES string of the molecule is CCCNc1nc(Cc2cccnc2)nc(OCCC)n1. The van der Waals surface area contributed by atoms with Gasteiger partial charge in [0.1, 0.15) is 5.82 Å². The van der Waals surface area contributed by atoms with Crippen molar-refractivity contribution in [2.24, 2.45) is 0 Å². The average molecular weight is 287 g/mol. The van der Waals surface area contributed by atoms with Crippen molar-refractivity contribution >= 4 is 5.95 Å². The number of nitrogens with one attached hydrogen (secondary N) is 1. The highest BCUT2D eigenvalue weighted by Gasteiger charge is 2.08. The van der Waals surface area contributed by atoms with Gasteiger partial charge in [-0.3, -0.25) is 4.98 Å². The van der Waals surface area contributed by atoms with Crippen molar-refractivity contribution in [3.63, 3.8) is 0 Å². The average Bonchev–Trinajstić information content (AvgIpc) is 2.52. The Morgan fingerprint density at radius 2 is 2.05 bits per heavy atom. The number of hydrogen-bond acceptors (Lipinski definition) is 6. The molecule has 2 aromatic rings. The van der Waals surface area contributed by atoms with Crippen molar-refractivity contribution in [1.29, 1.82) is 0 Å². The number of rotatable bonds is 8. The number of hydrogen-bond donors (Lipinski definition) is 1. The van der Waals surface area contributed by atoms with Crippen molar-refractivity contribution in [3.8, 4) is 6.01 Å². The van der Waals surface area contributed by atoms with Crippen LogP contribution in [0.15, 0.2) is 24.5 Å². The fraction of sp³-hybridized carbons (Fsp3) is 0.467. The highest BCUT2D eigenvalue weighted by molar-refractivity contribution is 5.27. The Labute approximate surface area is 125 Å². The topological polar surface area (TPSA) is 72.8 Å². The minimum absolute atomic E-state index is 0.379. The molecule has 2 heterocycles. The van der Waals surface area contributed by atoms with Crippen LogP contribution in [0.2, 0.25) is 0 Å².